The number of hydrogen-bond donors (Lipinski definition) is 1. The lowest BCUT2D eigenvalue weighted by Crippen LogP contribution is -2.38. The van der Waals surface area contributed by atoms with E-state index in [4.69, 9.17) is 0 Å². The normalized spacial score (nSPS) is 17.6. The summed E-state index contributed by atoms with van der Waals surface area (Å²) >= 11 is 0. The molecule has 0 amide bonds. The zero-order valence-corrected chi connectivity index (χ0v) is 10.8. The largest absolute Gasteiger partial charge is 0.371 e. The van der Waals surface area contributed by atoms with E-state index in [1.807, 2.05) is 13.1 Å². The van der Waals surface area contributed by atoms with Gasteiger partial charge in [-0.3, -0.25) is 0 Å². The summed E-state index contributed by atoms with van der Waals surface area (Å²) in [5, 5.41) is 3.19. The summed E-state index contributed by atoms with van der Waals surface area (Å²) in [6, 6.07) is 5.89. The maximum Gasteiger partial charge on any atom is 0.123 e. The Morgan fingerprint density at radius 1 is 1.41 bits per heavy atom. The number of hydrogen-bond acceptors (Lipinski definition) is 2. The van der Waals surface area contributed by atoms with Gasteiger partial charge < -0.3 is 10.2 Å². The summed E-state index contributed by atoms with van der Waals surface area (Å²) in [6.07, 6.45) is 3.82. The number of anilines is 1. The molecule has 3 heteroatoms. The van der Waals surface area contributed by atoms with Crippen LogP contribution in [0.5, 0.6) is 0 Å². The lowest BCUT2D eigenvalue weighted by Gasteiger charge is -2.38. The van der Waals surface area contributed by atoms with Gasteiger partial charge in [0.2, 0.25) is 0 Å². The Morgan fingerprint density at radius 2 is 2.12 bits per heavy atom. The minimum absolute atomic E-state index is 0.159. The van der Waals surface area contributed by atoms with Crippen LogP contribution in [0.1, 0.15) is 37.8 Å². The average Bonchev–Trinajstić information content (AvgIpc) is 2.25. The molecule has 0 saturated heterocycles. The number of benzene rings is 1. The molecule has 0 spiro atoms. The van der Waals surface area contributed by atoms with Crippen LogP contribution < -0.4 is 10.2 Å². The van der Waals surface area contributed by atoms with E-state index >= 15 is 0 Å². The molecular weight excluding hydrogens is 215 g/mol. The fourth-order valence-electron chi connectivity index (χ4n) is 2.32. The molecule has 1 aliphatic carbocycles. The first kappa shape index (κ1) is 12.4. The molecule has 2 nitrogen and oxygen atoms in total. The highest BCUT2D eigenvalue weighted by atomic mass is 19.1. The summed E-state index contributed by atoms with van der Waals surface area (Å²) in [5.41, 5.74) is 2.19. The van der Waals surface area contributed by atoms with Gasteiger partial charge in [0.1, 0.15) is 5.82 Å². The SMILES string of the molecule is CNC(C)c1cc(F)ccc1N(C)C1CCC1. The molecule has 0 aliphatic heterocycles. The number of nitrogens with zero attached hydrogens (tertiary/aromatic N) is 1. The van der Waals surface area contributed by atoms with Crippen LogP contribution in [0.4, 0.5) is 10.1 Å². The maximum absolute atomic E-state index is 13.4. The van der Waals surface area contributed by atoms with Crippen molar-refractivity contribution < 1.29 is 4.39 Å². The van der Waals surface area contributed by atoms with Crippen LogP contribution in [-0.2, 0) is 0 Å². The fraction of sp³-hybridized carbons (Fsp3) is 0.571. The molecule has 1 N–H and O–H groups in total. The lowest BCUT2D eigenvalue weighted by atomic mass is 9.90. The number of halogens is 1. The van der Waals surface area contributed by atoms with Gasteiger partial charge in [0.25, 0.3) is 0 Å². The Balaban J connectivity index is 2.30. The second-order valence-electron chi connectivity index (χ2n) is 4.91. The third-order valence-corrected chi connectivity index (χ3v) is 3.89. The van der Waals surface area contributed by atoms with Gasteiger partial charge in [-0.15, -0.1) is 0 Å². The van der Waals surface area contributed by atoms with Crippen LogP contribution >= 0.6 is 0 Å². The molecule has 1 saturated carbocycles. The van der Waals surface area contributed by atoms with Crippen molar-refractivity contribution in [3.8, 4) is 0 Å². The van der Waals surface area contributed by atoms with Crippen LogP contribution in [0.3, 0.4) is 0 Å². The third-order valence-electron chi connectivity index (χ3n) is 3.89. The number of nitrogens with one attached hydrogen (secondary N) is 1. The molecule has 0 heterocycles. The van der Waals surface area contributed by atoms with E-state index in [1.54, 1.807) is 12.1 Å². The van der Waals surface area contributed by atoms with Gasteiger partial charge in [0.05, 0.1) is 0 Å². The highest BCUT2D eigenvalue weighted by Gasteiger charge is 2.24. The monoisotopic (exact) mass is 236 g/mol. The summed E-state index contributed by atoms with van der Waals surface area (Å²) in [4.78, 5) is 2.30. The van der Waals surface area contributed by atoms with Crippen LogP contribution in [0.15, 0.2) is 18.2 Å². The van der Waals surface area contributed by atoms with Gasteiger partial charge in [-0.25, -0.2) is 4.39 Å². The Bertz CT molecular complexity index is 388. The van der Waals surface area contributed by atoms with Gasteiger partial charge in [-0.1, -0.05) is 0 Å². The quantitative estimate of drug-likeness (QED) is 0.864. The average molecular weight is 236 g/mol. The molecule has 1 aromatic rings. The smallest absolute Gasteiger partial charge is 0.123 e. The summed E-state index contributed by atoms with van der Waals surface area (Å²) < 4.78 is 13.4. The molecule has 1 atom stereocenters. The van der Waals surface area contributed by atoms with Crippen molar-refractivity contribution in [2.75, 3.05) is 19.0 Å². The molecular formula is C14H21FN2. The number of rotatable bonds is 4. The minimum atomic E-state index is -0.159. The molecule has 0 bridgehead atoms. The molecule has 1 aromatic carbocycles. The molecule has 17 heavy (non-hydrogen) atoms. The van der Waals surface area contributed by atoms with Crippen molar-refractivity contribution in [1.29, 1.82) is 0 Å². The van der Waals surface area contributed by atoms with E-state index in [1.165, 1.54) is 19.3 Å². The zero-order valence-electron chi connectivity index (χ0n) is 10.8. The van der Waals surface area contributed by atoms with Gasteiger partial charge in [0, 0.05) is 24.8 Å². The molecule has 1 aliphatic rings. The predicted octanol–water partition coefficient (Wildman–Crippen LogP) is 3.09. The molecule has 0 aromatic heterocycles. The van der Waals surface area contributed by atoms with Crippen molar-refractivity contribution in [1.82, 2.24) is 5.32 Å². The maximum atomic E-state index is 13.4. The molecule has 2 rings (SSSR count). The first-order valence-corrected chi connectivity index (χ1v) is 6.33. The molecule has 1 fully saturated rings. The first-order valence-electron chi connectivity index (χ1n) is 6.33. The molecule has 94 valence electrons. The predicted molar refractivity (Wildman–Crippen MR) is 69.9 cm³/mol. The Hall–Kier alpha value is -1.09. The molecule has 1 unspecified atom stereocenters. The van der Waals surface area contributed by atoms with Crippen LogP contribution in [0.2, 0.25) is 0 Å². The first-order chi connectivity index (χ1) is 8.13. The van der Waals surface area contributed by atoms with E-state index < -0.39 is 0 Å². The zero-order chi connectivity index (χ0) is 12.4. The van der Waals surface area contributed by atoms with Crippen molar-refractivity contribution in [2.24, 2.45) is 0 Å². The van der Waals surface area contributed by atoms with Gasteiger partial charge in [0.15, 0.2) is 0 Å². The topological polar surface area (TPSA) is 15.3 Å². The van der Waals surface area contributed by atoms with Crippen LogP contribution in [0, 0.1) is 5.82 Å². The van der Waals surface area contributed by atoms with E-state index in [0.29, 0.717) is 6.04 Å². The van der Waals surface area contributed by atoms with E-state index in [2.05, 4.69) is 24.2 Å². The van der Waals surface area contributed by atoms with Gasteiger partial charge in [-0.05, 0) is 57.0 Å². The highest BCUT2D eigenvalue weighted by Crippen LogP contribution is 2.33. The summed E-state index contributed by atoms with van der Waals surface area (Å²) in [6.45, 7) is 2.06. The standard InChI is InChI=1S/C14H21FN2/c1-10(16-2)13-9-11(15)7-8-14(13)17(3)12-5-4-6-12/h7-10,12,16H,4-6H2,1-3H3. The van der Waals surface area contributed by atoms with Gasteiger partial charge >= 0.3 is 0 Å². The van der Waals surface area contributed by atoms with E-state index in [-0.39, 0.29) is 11.9 Å². The second kappa shape index (κ2) is 5.05. The van der Waals surface area contributed by atoms with Gasteiger partial charge in [-0.2, -0.15) is 0 Å². The highest BCUT2D eigenvalue weighted by molar-refractivity contribution is 5.55. The third kappa shape index (κ3) is 2.44. The Labute approximate surface area is 103 Å². The van der Waals surface area contributed by atoms with Crippen molar-refractivity contribution >= 4 is 5.69 Å². The van der Waals surface area contributed by atoms with Crippen LogP contribution in [-0.4, -0.2) is 20.1 Å². The Morgan fingerprint density at radius 3 is 2.65 bits per heavy atom. The summed E-state index contributed by atoms with van der Waals surface area (Å²) in [7, 11) is 4.02. The second-order valence-corrected chi connectivity index (χ2v) is 4.91. The lowest BCUT2D eigenvalue weighted by molar-refractivity contribution is 0.400. The van der Waals surface area contributed by atoms with E-state index in [9.17, 15) is 4.39 Å². The van der Waals surface area contributed by atoms with E-state index in [0.717, 1.165) is 11.3 Å². The van der Waals surface area contributed by atoms with Crippen molar-refractivity contribution in [3.63, 3.8) is 0 Å². The molecule has 0 radical (unpaired) electrons. The van der Waals surface area contributed by atoms with Crippen molar-refractivity contribution in [3.05, 3.63) is 29.6 Å². The fourth-order valence-corrected chi connectivity index (χ4v) is 2.32. The minimum Gasteiger partial charge on any atom is -0.371 e. The van der Waals surface area contributed by atoms with Crippen molar-refractivity contribution in [2.45, 2.75) is 38.3 Å². The van der Waals surface area contributed by atoms with Crippen LogP contribution in [0.25, 0.3) is 0 Å². The Kier molecular flexibility index (Phi) is 3.67. The summed E-state index contributed by atoms with van der Waals surface area (Å²) in [5.74, 6) is -0.159.